The lowest BCUT2D eigenvalue weighted by Gasteiger charge is -2.08. The maximum absolute atomic E-state index is 12.3. The van der Waals surface area contributed by atoms with Gasteiger partial charge in [0.25, 0.3) is 11.8 Å². The quantitative estimate of drug-likeness (QED) is 0.643. The van der Waals surface area contributed by atoms with Gasteiger partial charge in [-0.2, -0.15) is 0 Å². The minimum atomic E-state index is -0.271. The van der Waals surface area contributed by atoms with Crippen molar-refractivity contribution in [1.29, 1.82) is 0 Å². The highest BCUT2D eigenvalue weighted by atomic mass is 35.5. The molecule has 0 aliphatic heterocycles. The number of carbonyl (C=O) groups is 2. The summed E-state index contributed by atoms with van der Waals surface area (Å²) in [6.07, 6.45) is 3.59. The Morgan fingerprint density at radius 3 is 2.14 bits per heavy atom. The van der Waals surface area contributed by atoms with E-state index >= 15 is 0 Å². The van der Waals surface area contributed by atoms with Crippen LogP contribution in [0.2, 0.25) is 5.02 Å². The second kappa shape index (κ2) is 9.67. The molecule has 0 saturated carbocycles. The molecule has 0 radical (unpaired) electrons. The van der Waals surface area contributed by atoms with Gasteiger partial charge in [0.05, 0.1) is 11.1 Å². The molecule has 0 saturated heterocycles. The van der Waals surface area contributed by atoms with Gasteiger partial charge in [0.1, 0.15) is 0 Å². The molecular formula is C22H20ClN3O2. The predicted octanol–water partition coefficient (Wildman–Crippen LogP) is 3.64. The lowest BCUT2D eigenvalue weighted by Crippen LogP contribution is -2.27. The van der Waals surface area contributed by atoms with E-state index < -0.39 is 0 Å². The van der Waals surface area contributed by atoms with Crippen LogP contribution in [-0.4, -0.2) is 23.3 Å². The molecule has 1 heterocycles. The van der Waals surface area contributed by atoms with Crippen LogP contribution in [-0.2, 0) is 13.0 Å². The van der Waals surface area contributed by atoms with Gasteiger partial charge in [0, 0.05) is 30.5 Å². The summed E-state index contributed by atoms with van der Waals surface area (Å²) in [6, 6.07) is 18.7. The van der Waals surface area contributed by atoms with Crippen LogP contribution in [0.25, 0.3) is 0 Å². The molecule has 2 amide bonds. The van der Waals surface area contributed by atoms with E-state index in [1.165, 1.54) is 12.4 Å². The molecule has 0 unspecified atom stereocenters. The van der Waals surface area contributed by atoms with Gasteiger partial charge in [0.2, 0.25) is 0 Å². The van der Waals surface area contributed by atoms with Gasteiger partial charge in [-0.05, 0) is 35.7 Å². The van der Waals surface area contributed by atoms with Crippen LogP contribution in [0.3, 0.4) is 0 Å². The van der Waals surface area contributed by atoms with Gasteiger partial charge in [-0.15, -0.1) is 0 Å². The Morgan fingerprint density at radius 1 is 0.821 bits per heavy atom. The Morgan fingerprint density at radius 2 is 1.46 bits per heavy atom. The summed E-state index contributed by atoms with van der Waals surface area (Å²) in [5.74, 6) is -0.536. The average molecular weight is 394 g/mol. The summed E-state index contributed by atoms with van der Waals surface area (Å²) in [4.78, 5) is 28.7. The van der Waals surface area contributed by atoms with Crippen molar-refractivity contribution in [3.05, 3.63) is 100 Å². The first-order chi connectivity index (χ1) is 13.6. The Balaban J connectivity index is 1.53. The number of nitrogens with zero attached hydrogens (tertiary/aromatic N) is 1. The number of hydrogen-bond acceptors (Lipinski definition) is 3. The lowest BCUT2D eigenvalue weighted by molar-refractivity contribution is 0.0950. The third-order valence-electron chi connectivity index (χ3n) is 4.17. The average Bonchev–Trinajstić information content (AvgIpc) is 2.74. The summed E-state index contributed by atoms with van der Waals surface area (Å²) in [7, 11) is 0. The summed E-state index contributed by atoms with van der Waals surface area (Å²) >= 11 is 5.86. The van der Waals surface area contributed by atoms with Crippen LogP contribution in [0.4, 0.5) is 0 Å². The molecule has 0 fully saturated rings. The van der Waals surface area contributed by atoms with Gasteiger partial charge in [-0.3, -0.25) is 14.6 Å². The molecule has 0 spiro atoms. The molecule has 5 nitrogen and oxygen atoms in total. The summed E-state index contributed by atoms with van der Waals surface area (Å²) in [5.41, 5.74) is 2.78. The Labute approximate surface area is 168 Å². The number of amides is 2. The number of pyridine rings is 1. The number of halogens is 1. The molecule has 2 aromatic carbocycles. The van der Waals surface area contributed by atoms with Crippen molar-refractivity contribution in [1.82, 2.24) is 15.6 Å². The Hall–Kier alpha value is -3.18. The van der Waals surface area contributed by atoms with Gasteiger partial charge in [-0.25, -0.2) is 0 Å². The molecule has 142 valence electrons. The van der Waals surface area contributed by atoms with Crippen molar-refractivity contribution in [2.45, 2.75) is 13.0 Å². The normalized spacial score (nSPS) is 10.3. The minimum Gasteiger partial charge on any atom is -0.352 e. The van der Waals surface area contributed by atoms with Crippen molar-refractivity contribution in [2.75, 3.05) is 6.54 Å². The second-order valence-electron chi connectivity index (χ2n) is 6.26. The zero-order chi connectivity index (χ0) is 19.8. The van der Waals surface area contributed by atoms with E-state index in [1.807, 2.05) is 54.6 Å². The van der Waals surface area contributed by atoms with Crippen molar-refractivity contribution in [2.24, 2.45) is 0 Å². The number of carbonyl (C=O) groups excluding carboxylic acids is 2. The van der Waals surface area contributed by atoms with E-state index in [9.17, 15) is 9.59 Å². The molecule has 28 heavy (non-hydrogen) atoms. The molecule has 6 heteroatoms. The SMILES string of the molecule is O=C(NCCc1ccc(Cl)cc1)c1cncc(C(=O)NCc2ccccc2)c1. The first-order valence-electron chi connectivity index (χ1n) is 8.91. The number of aromatic nitrogens is 1. The van der Waals surface area contributed by atoms with Crippen molar-refractivity contribution in [3.63, 3.8) is 0 Å². The third-order valence-corrected chi connectivity index (χ3v) is 4.42. The molecule has 0 aliphatic carbocycles. The topological polar surface area (TPSA) is 71.1 Å². The van der Waals surface area contributed by atoms with Crippen LogP contribution < -0.4 is 10.6 Å². The van der Waals surface area contributed by atoms with Crippen LogP contribution in [0.1, 0.15) is 31.8 Å². The molecule has 1 aromatic heterocycles. The number of benzene rings is 2. The summed E-state index contributed by atoms with van der Waals surface area (Å²) < 4.78 is 0. The molecule has 0 aliphatic rings. The Kier molecular flexibility index (Phi) is 6.76. The summed E-state index contributed by atoms with van der Waals surface area (Å²) in [6.45, 7) is 0.891. The fourth-order valence-corrected chi connectivity index (χ4v) is 2.77. The highest BCUT2D eigenvalue weighted by Crippen LogP contribution is 2.10. The lowest BCUT2D eigenvalue weighted by atomic mass is 10.1. The highest BCUT2D eigenvalue weighted by Gasteiger charge is 2.11. The fourth-order valence-electron chi connectivity index (χ4n) is 2.64. The molecular weight excluding hydrogens is 374 g/mol. The fraction of sp³-hybridized carbons (Fsp3) is 0.136. The minimum absolute atomic E-state index is 0.265. The van der Waals surface area contributed by atoms with Gasteiger partial charge in [-0.1, -0.05) is 54.1 Å². The first kappa shape index (κ1) is 19.6. The first-order valence-corrected chi connectivity index (χ1v) is 9.29. The smallest absolute Gasteiger partial charge is 0.253 e. The molecule has 3 aromatic rings. The molecule has 0 bridgehead atoms. The third kappa shape index (κ3) is 5.66. The number of rotatable bonds is 7. The molecule has 3 rings (SSSR count). The van der Waals surface area contributed by atoms with Crippen LogP contribution in [0.15, 0.2) is 73.1 Å². The van der Waals surface area contributed by atoms with E-state index in [-0.39, 0.29) is 11.8 Å². The zero-order valence-electron chi connectivity index (χ0n) is 15.2. The largest absolute Gasteiger partial charge is 0.352 e. The van der Waals surface area contributed by atoms with Crippen LogP contribution in [0.5, 0.6) is 0 Å². The monoisotopic (exact) mass is 393 g/mol. The van der Waals surface area contributed by atoms with Crippen molar-refractivity contribution >= 4 is 23.4 Å². The predicted molar refractivity (Wildman–Crippen MR) is 109 cm³/mol. The van der Waals surface area contributed by atoms with Gasteiger partial charge in [0.15, 0.2) is 0 Å². The Bertz CT molecular complexity index is 944. The summed E-state index contributed by atoms with van der Waals surface area (Å²) in [5, 5.41) is 6.35. The van der Waals surface area contributed by atoms with E-state index in [4.69, 9.17) is 11.6 Å². The zero-order valence-corrected chi connectivity index (χ0v) is 15.9. The van der Waals surface area contributed by atoms with E-state index in [1.54, 1.807) is 6.07 Å². The maximum atomic E-state index is 12.3. The molecule has 2 N–H and O–H groups in total. The number of hydrogen-bond donors (Lipinski definition) is 2. The standard InChI is InChI=1S/C22H20ClN3O2/c23-20-8-6-16(7-9-20)10-11-25-21(27)18-12-19(15-24-14-18)22(28)26-13-17-4-2-1-3-5-17/h1-9,12,14-15H,10-11,13H2,(H,25,27)(H,26,28). The highest BCUT2D eigenvalue weighted by molar-refractivity contribution is 6.30. The van der Waals surface area contributed by atoms with Crippen LogP contribution >= 0.6 is 11.6 Å². The second-order valence-corrected chi connectivity index (χ2v) is 6.70. The van der Waals surface area contributed by atoms with E-state index in [0.717, 1.165) is 11.1 Å². The van der Waals surface area contributed by atoms with E-state index in [2.05, 4.69) is 15.6 Å². The van der Waals surface area contributed by atoms with Crippen molar-refractivity contribution in [3.8, 4) is 0 Å². The van der Waals surface area contributed by atoms with Gasteiger partial charge >= 0.3 is 0 Å². The van der Waals surface area contributed by atoms with E-state index in [0.29, 0.717) is 35.7 Å². The van der Waals surface area contributed by atoms with Crippen molar-refractivity contribution < 1.29 is 9.59 Å². The van der Waals surface area contributed by atoms with Crippen LogP contribution in [0, 0.1) is 0 Å². The molecule has 0 atom stereocenters. The number of nitrogens with one attached hydrogen (secondary N) is 2. The maximum Gasteiger partial charge on any atom is 0.253 e. The van der Waals surface area contributed by atoms with Gasteiger partial charge < -0.3 is 10.6 Å².